The Labute approximate surface area is 125 Å². The zero-order valence-corrected chi connectivity index (χ0v) is 13.1. The maximum absolute atomic E-state index is 11.6. The quantitative estimate of drug-likeness (QED) is 0.827. The van der Waals surface area contributed by atoms with Crippen molar-refractivity contribution in [2.45, 2.75) is 26.7 Å². The number of anilines is 1. The lowest BCUT2D eigenvalue weighted by atomic mass is 9.99. The third-order valence-electron chi connectivity index (χ3n) is 3.79. The maximum Gasteiger partial charge on any atom is 0.376 e. The Kier molecular flexibility index (Phi) is 5.50. The summed E-state index contributed by atoms with van der Waals surface area (Å²) in [5, 5.41) is 3.43. The molecule has 2 heterocycles. The SMILES string of the molecule is CCN(CC1CCCNC1)c1cc(C)nc(C(=O)OC)n1. The van der Waals surface area contributed by atoms with E-state index in [4.69, 9.17) is 4.74 Å². The highest BCUT2D eigenvalue weighted by atomic mass is 16.5. The number of aromatic nitrogens is 2. The number of rotatable bonds is 5. The number of ether oxygens (including phenoxy) is 1. The van der Waals surface area contributed by atoms with E-state index in [1.807, 2.05) is 13.0 Å². The molecule has 1 aliphatic rings. The second-order valence-corrected chi connectivity index (χ2v) is 5.43. The van der Waals surface area contributed by atoms with Crippen molar-refractivity contribution in [2.24, 2.45) is 5.92 Å². The summed E-state index contributed by atoms with van der Waals surface area (Å²) in [6.45, 7) is 7.93. The van der Waals surface area contributed by atoms with E-state index >= 15 is 0 Å². The predicted molar refractivity (Wildman–Crippen MR) is 81.6 cm³/mol. The van der Waals surface area contributed by atoms with E-state index in [0.717, 1.165) is 37.7 Å². The molecule has 116 valence electrons. The van der Waals surface area contributed by atoms with Crippen molar-refractivity contribution >= 4 is 11.8 Å². The van der Waals surface area contributed by atoms with Gasteiger partial charge >= 0.3 is 5.97 Å². The normalized spacial score (nSPS) is 18.3. The van der Waals surface area contributed by atoms with Gasteiger partial charge in [0.05, 0.1) is 7.11 Å². The fourth-order valence-electron chi connectivity index (χ4n) is 2.67. The molecule has 0 saturated carbocycles. The van der Waals surface area contributed by atoms with Crippen molar-refractivity contribution < 1.29 is 9.53 Å². The number of piperidine rings is 1. The number of esters is 1. The topological polar surface area (TPSA) is 67.4 Å². The zero-order valence-electron chi connectivity index (χ0n) is 13.1. The predicted octanol–water partition coefficient (Wildman–Crippen LogP) is 1.40. The minimum atomic E-state index is -0.490. The number of aryl methyl sites for hydroxylation is 1. The molecule has 1 N–H and O–H groups in total. The molecule has 1 saturated heterocycles. The molecule has 0 aromatic carbocycles. The van der Waals surface area contributed by atoms with Gasteiger partial charge in [-0.3, -0.25) is 0 Å². The number of carbonyl (C=O) groups is 1. The lowest BCUT2D eigenvalue weighted by Crippen LogP contribution is -2.38. The molecule has 21 heavy (non-hydrogen) atoms. The van der Waals surface area contributed by atoms with Crippen molar-refractivity contribution in [1.29, 1.82) is 0 Å². The summed E-state index contributed by atoms with van der Waals surface area (Å²) in [5.41, 5.74) is 0.778. The lowest BCUT2D eigenvalue weighted by molar-refractivity contribution is 0.0586. The molecule has 1 fully saturated rings. The molecule has 0 radical (unpaired) electrons. The molecule has 2 rings (SSSR count). The van der Waals surface area contributed by atoms with Crippen LogP contribution in [0.3, 0.4) is 0 Å². The first kappa shape index (κ1) is 15.7. The van der Waals surface area contributed by atoms with Gasteiger partial charge in [0, 0.05) is 24.8 Å². The summed E-state index contributed by atoms with van der Waals surface area (Å²) in [5.74, 6) is 1.06. The Bertz CT molecular complexity index is 487. The Morgan fingerprint density at radius 3 is 2.95 bits per heavy atom. The van der Waals surface area contributed by atoms with Crippen LogP contribution in [-0.4, -0.2) is 49.2 Å². The number of carbonyl (C=O) groups excluding carboxylic acids is 1. The number of nitrogens with zero attached hydrogens (tertiary/aromatic N) is 3. The van der Waals surface area contributed by atoms with E-state index in [1.165, 1.54) is 20.0 Å². The van der Waals surface area contributed by atoms with E-state index in [-0.39, 0.29) is 5.82 Å². The summed E-state index contributed by atoms with van der Waals surface area (Å²) < 4.78 is 4.72. The highest BCUT2D eigenvalue weighted by molar-refractivity contribution is 5.85. The molecule has 1 unspecified atom stereocenters. The first-order valence-corrected chi connectivity index (χ1v) is 7.53. The van der Waals surface area contributed by atoms with Gasteiger partial charge in [0.15, 0.2) is 0 Å². The molecule has 6 nitrogen and oxygen atoms in total. The van der Waals surface area contributed by atoms with Crippen LogP contribution in [0.1, 0.15) is 36.1 Å². The second kappa shape index (κ2) is 7.36. The molecule has 0 bridgehead atoms. The summed E-state index contributed by atoms with van der Waals surface area (Å²) in [6, 6.07) is 1.92. The maximum atomic E-state index is 11.6. The molecule has 1 atom stereocenters. The van der Waals surface area contributed by atoms with Crippen molar-refractivity contribution in [3.8, 4) is 0 Å². The van der Waals surface area contributed by atoms with E-state index in [1.54, 1.807) is 0 Å². The smallest absolute Gasteiger partial charge is 0.376 e. The van der Waals surface area contributed by atoms with Crippen molar-refractivity contribution in [3.63, 3.8) is 0 Å². The molecular weight excluding hydrogens is 268 g/mol. The molecular formula is C15H24N4O2. The Hall–Kier alpha value is -1.69. The highest BCUT2D eigenvalue weighted by Gasteiger charge is 2.19. The van der Waals surface area contributed by atoms with Crippen molar-refractivity contribution in [2.75, 3.05) is 38.2 Å². The molecule has 0 spiro atoms. The van der Waals surface area contributed by atoms with Crippen LogP contribution in [-0.2, 0) is 4.74 Å². The Balaban J connectivity index is 2.16. The number of nitrogens with one attached hydrogen (secondary N) is 1. The first-order valence-electron chi connectivity index (χ1n) is 7.53. The minimum absolute atomic E-state index is 0.132. The average molecular weight is 292 g/mol. The van der Waals surface area contributed by atoms with Crippen molar-refractivity contribution in [3.05, 3.63) is 17.6 Å². The van der Waals surface area contributed by atoms with Gasteiger partial charge in [-0.05, 0) is 45.7 Å². The van der Waals surface area contributed by atoms with Gasteiger partial charge in [-0.15, -0.1) is 0 Å². The van der Waals surface area contributed by atoms with Gasteiger partial charge < -0.3 is 15.0 Å². The summed E-state index contributed by atoms with van der Waals surface area (Å²) >= 11 is 0. The number of hydrogen-bond acceptors (Lipinski definition) is 6. The average Bonchev–Trinajstić information content (AvgIpc) is 2.52. The van der Waals surface area contributed by atoms with Crippen LogP contribution in [0.25, 0.3) is 0 Å². The summed E-state index contributed by atoms with van der Waals surface area (Å²) in [4.78, 5) is 22.4. The van der Waals surface area contributed by atoms with Crippen LogP contribution in [0.4, 0.5) is 5.82 Å². The van der Waals surface area contributed by atoms with Crippen LogP contribution < -0.4 is 10.2 Å². The van der Waals surface area contributed by atoms with Gasteiger partial charge in [0.2, 0.25) is 5.82 Å². The van der Waals surface area contributed by atoms with Crippen LogP contribution in [0, 0.1) is 12.8 Å². The summed E-state index contributed by atoms with van der Waals surface area (Å²) in [6.07, 6.45) is 2.45. The highest BCUT2D eigenvalue weighted by Crippen LogP contribution is 2.18. The molecule has 1 aromatic heterocycles. The third-order valence-corrected chi connectivity index (χ3v) is 3.79. The molecule has 1 aromatic rings. The van der Waals surface area contributed by atoms with Crippen LogP contribution in [0.2, 0.25) is 0 Å². The van der Waals surface area contributed by atoms with Gasteiger partial charge in [0.1, 0.15) is 5.82 Å². The summed E-state index contributed by atoms with van der Waals surface area (Å²) in [7, 11) is 1.35. The molecule has 0 amide bonds. The van der Waals surface area contributed by atoms with Gasteiger partial charge in [-0.25, -0.2) is 14.8 Å². The van der Waals surface area contributed by atoms with Crippen molar-refractivity contribution in [1.82, 2.24) is 15.3 Å². The van der Waals surface area contributed by atoms with E-state index in [2.05, 4.69) is 27.1 Å². The first-order chi connectivity index (χ1) is 10.1. The fourth-order valence-corrected chi connectivity index (χ4v) is 2.67. The number of methoxy groups -OCH3 is 1. The van der Waals surface area contributed by atoms with Crippen LogP contribution in [0.5, 0.6) is 0 Å². The molecule has 6 heteroatoms. The van der Waals surface area contributed by atoms with E-state index in [9.17, 15) is 4.79 Å². The fraction of sp³-hybridized carbons (Fsp3) is 0.667. The number of hydrogen-bond donors (Lipinski definition) is 1. The van der Waals surface area contributed by atoms with Gasteiger partial charge in [-0.1, -0.05) is 0 Å². The third kappa shape index (κ3) is 4.14. The van der Waals surface area contributed by atoms with Gasteiger partial charge in [0.25, 0.3) is 0 Å². The largest absolute Gasteiger partial charge is 0.463 e. The zero-order chi connectivity index (χ0) is 15.2. The van der Waals surface area contributed by atoms with Crippen LogP contribution >= 0.6 is 0 Å². The standard InChI is InChI=1S/C15H24N4O2/c1-4-19(10-12-6-5-7-16-9-12)13-8-11(2)17-14(18-13)15(20)21-3/h8,12,16H,4-7,9-10H2,1-3H3. The van der Waals surface area contributed by atoms with E-state index in [0.29, 0.717) is 5.92 Å². The lowest BCUT2D eigenvalue weighted by Gasteiger charge is -2.30. The monoisotopic (exact) mass is 292 g/mol. The van der Waals surface area contributed by atoms with Crippen LogP contribution in [0.15, 0.2) is 6.07 Å². The Morgan fingerprint density at radius 2 is 2.33 bits per heavy atom. The minimum Gasteiger partial charge on any atom is -0.463 e. The molecule has 1 aliphatic heterocycles. The van der Waals surface area contributed by atoms with Gasteiger partial charge in [-0.2, -0.15) is 0 Å². The molecule has 0 aliphatic carbocycles. The Morgan fingerprint density at radius 1 is 1.52 bits per heavy atom. The second-order valence-electron chi connectivity index (χ2n) is 5.43. The van der Waals surface area contributed by atoms with E-state index < -0.39 is 5.97 Å².